The van der Waals surface area contributed by atoms with Gasteiger partial charge in [-0.1, -0.05) is 27.7 Å². The Balaban J connectivity index is 2.76. The highest BCUT2D eigenvalue weighted by atomic mass is 16.5. The van der Waals surface area contributed by atoms with Crippen molar-refractivity contribution in [2.75, 3.05) is 13.7 Å². The molecule has 0 amide bonds. The maximum atomic E-state index is 5.15. The first-order chi connectivity index (χ1) is 8.46. The van der Waals surface area contributed by atoms with Crippen LogP contribution in [0.4, 0.5) is 0 Å². The van der Waals surface area contributed by atoms with Crippen LogP contribution in [0.1, 0.15) is 52.3 Å². The van der Waals surface area contributed by atoms with Gasteiger partial charge in [-0.2, -0.15) is 0 Å². The van der Waals surface area contributed by atoms with E-state index in [1.807, 2.05) is 6.07 Å². The van der Waals surface area contributed by atoms with Crippen LogP contribution < -0.4 is 10.1 Å². The van der Waals surface area contributed by atoms with Crippen LogP contribution in [0.25, 0.3) is 0 Å². The highest BCUT2D eigenvalue weighted by molar-refractivity contribution is 5.16. The lowest BCUT2D eigenvalue weighted by atomic mass is 9.88. The Morgan fingerprint density at radius 3 is 2.61 bits per heavy atom. The van der Waals surface area contributed by atoms with Crippen molar-refractivity contribution in [1.29, 1.82) is 0 Å². The van der Waals surface area contributed by atoms with Gasteiger partial charge < -0.3 is 10.1 Å². The Labute approximate surface area is 110 Å². The highest BCUT2D eigenvalue weighted by Crippen LogP contribution is 2.27. The molecule has 0 saturated heterocycles. The predicted molar refractivity (Wildman–Crippen MR) is 73.7 cm³/mol. The lowest BCUT2D eigenvalue weighted by Crippen LogP contribution is -2.23. The van der Waals surface area contributed by atoms with Crippen LogP contribution in [-0.2, 0) is 0 Å². The van der Waals surface area contributed by atoms with Crippen molar-refractivity contribution in [2.24, 2.45) is 5.41 Å². The Bertz CT molecular complexity index is 360. The van der Waals surface area contributed by atoms with E-state index < -0.39 is 0 Å². The molecule has 1 aromatic rings. The van der Waals surface area contributed by atoms with Gasteiger partial charge in [0, 0.05) is 12.1 Å². The first kappa shape index (κ1) is 14.9. The lowest BCUT2D eigenvalue weighted by molar-refractivity contribution is 0.330. The maximum absolute atomic E-state index is 5.15. The van der Waals surface area contributed by atoms with Crippen LogP contribution in [0.5, 0.6) is 5.88 Å². The zero-order valence-electron chi connectivity index (χ0n) is 12.2. The van der Waals surface area contributed by atoms with Gasteiger partial charge in [0.2, 0.25) is 5.88 Å². The normalized spacial score (nSPS) is 13.4. The molecule has 0 spiro atoms. The minimum absolute atomic E-state index is 0.270. The lowest BCUT2D eigenvalue weighted by Gasteiger charge is -2.23. The average Bonchev–Trinajstić information content (AvgIpc) is 2.33. The first-order valence-electron chi connectivity index (χ1n) is 6.55. The minimum Gasteiger partial charge on any atom is -0.481 e. The molecule has 4 heteroatoms. The standard InChI is InChI=1S/C14H25N3O/c1-6-15-11(7-8-14(2,3)4)12-9-13(18-5)17-10-16-12/h9-11,15H,6-8H2,1-5H3. The van der Waals surface area contributed by atoms with Gasteiger partial charge in [-0.25, -0.2) is 9.97 Å². The summed E-state index contributed by atoms with van der Waals surface area (Å²) in [5.41, 5.74) is 1.35. The minimum atomic E-state index is 0.270. The van der Waals surface area contributed by atoms with Crippen molar-refractivity contribution in [3.05, 3.63) is 18.1 Å². The van der Waals surface area contributed by atoms with Crippen LogP contribution in [-0.4, -0.2) is 23.6 Å². The molecule has 0 aliphatic heterocycles. The molecule has 0 saturated carbocycles. The predicted octanol–water partition coefficient (Wildman–Crippen LogP) is 2.96. The smallest absolute Gasteiger partial charge is 0.216 e. The van der Waals surface area contributed by atoms with Crippen molar-refractivity contribution in [3.8, 4) is 5.88 Å². The number of aromatic nitrogens is 2. The SMILES string of the molecule is CCNC(CCC(C)(C)C)c1cc(OC)ncn1. The van der Waals surface area contributed by atoms with Gasteiger partial charge in [-0.3, -0.25) is 0 Å². The van der Waals surface area contributed by atoms with Crippen molar-refractivity contribution in [3.63, 3.8) is 0 Å². The molecular formula is C14H25N3O. The Morgan fingerprint density at radius 2 is 2.06 bits per heavy atom. The monoisotopic (exact) mass is 251 g/mol. The van der Waals surface area contributed by atoms with Crippen molar-refractivity contribution in [2.45, 2.75) is 46.6 Å². The number of rotatable bonds is 6. The highest BCUT2D eigenvalue weighted by Gasteiger charge is 2.17. The number of hydrogen-bond acceptors (Lipinski definition) is 4. The van der Waals surface area contributed by atoms with Gasteiger partial charge in [0.1, 0.15) is 6.33 Å². The van der Waals surface area contributed by atoms with Crippen LogP contribution >= 0.6 is 0 Å². The Kier molecular flexibility index (Phi) is 5.54. The third kappa shape index (κ3) is 5.00. The molecule has 18 heavy (non-hydrogen) atoms. The molecule has 4 nitrogen and oxygen atoms in total. The molecule has 1 rings (SSSR count). The molecule has 0 aromatic carbocycles. The Morgan fingerprint density at radius 1 is 1.33 bits per heavy atom. The molecule has 1 heterocycles. The van der Waals surface area contributed by atoms with Crippen molar-refractivity contribution >= 4 is 0 Å². The quantitative estimate of drug-likeness (QED) is 0.844. The number of methoxy groups -OCH3 is 1. The van der Waals surface area contributed by atoms with Gasteiger partial charge in [0.05, 0.1) is 12.8 Å². The second-order valence-corrected chi connectivity index (χ2v) is 5.69. The maximum Gasteiger partial charge on any atom is 0.216 e. The molecule has 0 bridgehead atoms. The average molecular weight is 251 g/mol. The van der Waals surface area contributed by atoms with E-state index in [0.29, 0.717) is 11.3 Å². The van der Waals surface area contributed by atoms with E-state index in [1.54, 1.807) is 13.4 Å². The topological polar surface area (TPSA) is 47.0 Å². The van der Waals surface area contributed by atoms with Crippen LogP contribution in [0.15, 0.2) is 12.4 Å². The summed E-state index contributed by atoms with van der Waals surface area (Å²) < 4.78 is 5.15. The van der Waals surface area contributed by atoms with E-state index in [-0.39, 0.29) is 6.04 Å². The zero-order chi connectivity index (χ0) is 13.6. The number of hydrogen-bond donors (Lipinski definition) is 1. The Hall–Kier alpha value is -1.16. The molecule has 1 N–H and O–H groups in total. The molecule has 0 fully saturated rings. The molecule has 1 atom stereocenters. The summed E-state index contributed by atoms with van der Waals surface area (Å²) in [6, 6.07) is 2.18. The van der Waals surface area contributed by atoms with Gasteiger partial charge in [-0.15, -0.1) is 0 Å². The van der Waals surface area contributed by atoms with Gasteiger partial charge in [-0.05, 0) is 24.8 Å². The van der Waals surface area contributed by atoms with Gasteiger partial charge >= 0.3 is 0 Å². The molecule has 0 radical (unpaired) electrons. The summed E-state index contributed by atoms with van der Waals surface area (Å²) in [7, 11) is 1.63. The zero-order valence-corrected chi connectivity index (χ0v) is 12.2. The molecule has 1 aromatic heterocycles. The van der Waals surface area contributed by atoms with Crippen LogP contribution in [0, 0.1) is 5.41 Å². The van der Waals surface area contributed by atoms with E-state index in [0.717, 1.165) is 25.1 Å². The fourth-order valence-electron chi connectivity index (χ4n) is 1.83. The molecule has 0 aliphatic carbocycles. The van der Waals surface area contributed by atoms with Crippen LogP contribution in [0.3, 0.4) is 0 Å². The van der Waals surface area contributed by atoms with E-state index >= 15 is 0 Å². The summed E-state index contributed by atoms with van der Waals surface area (Å²) in [6.45, 7) is 9.83. The van der Waals surface area contributed by atoms with E-state index in [1.165, 1.54) is 0 Å². The number of nitrogens with zero attached hydrogens (tertiary/aromatic N) is 2. The van der Waals surface area contributed by atoms with Gasteiger partial charge in [0.15, 0.2) is 0 Å². The summed E-state index contributed by atoms with van der Waals surface area (Å²) in [6.07, 6.45) is 3.78. The fraction of sp³-hybridized carbons (Fsp3) is 0.714. The van der Waals surface area contributed by atoms with Crippen molar-refractivity contribution < 1.29 is 4.74 Å². The number of ether oxygens (including phenoxy) is 1. The van der Waals surface area contributed by atoms with E-state index in [2.05, 4.69) is 43.0 Å². The summed E-state index contributed by atoms with van der Waals surface area (Å²) in [5.74, 6) is 0.624. The number of nitrogens with one attached hydrogen (secondary N) is 1. The summed E-state index contributed by atoms with van der Waals surface area (Å²) in [4.78, 5) is 8.40. The first-order valence-corrected chi connectivity index (χ1v) is 6.55. The summed E-state index contributed by atoms with van der Waals surface area (Å²) >= 11 is 0. The van der Waals surface area contributed by atoms with Crippen LogP contribution in [0.2, 0.25) is 0 Å². The van der Waals surface area contributed by atoms with Crippen molar-refractivity contribution in [1.82, 2.24) is 15.3 Å². The van der Waals surface area contributed by atoms with Gasteiger partial charge in [0.25, 0.3) is 0 Å². The second-order valence-electron chi connectivity index (χ2n) is 5.69. The van der Waals surface area contributed by atoms with E-state index in [9.17, 15) is 0 Å². The molecule has 0 aliphatic rings. The summed E-state index contributed by atoms with van der Waals surface area (Å²) in [5, 5.41) is 3.48. The molecule has 1 unspecified atom stereocenters. The third-order valence-electron chi connectivity index (χ3n) is 2.86. The molecule has 102 valence electrons. The third-order valence-corrected chi connectivity index (χ3v) is 2.86. The molecular weight excluding hydrogens is 226 g/mol. The second kappa shape index (κ2) is 6.69. The van der Waals surface area contributed by atoms with E-state index in [4.69, 9.17) is 4.74 Å². The fourth-order valence-corrected chi connectivity index (χ4v) is 1.83. The largest absolute Gasteiger partial charge is 0.481 e.